The maximum Gasteiger partial charge on any atom is 0.307 e. The van der Waals surface area contributed by atoms with E-state index in [1.807, 2.05) is 6.07 Å². The van der Waals surface area contributed by atoms with Crippen molar-refractivity contribution >= 4 is 43.7 Å². The Morgan fingerprint density at radius 2 is 1.90 bits per heavy atom. The molecule has 0 saturated heterocycles. The van der Waals surface area contributed by atoms with Crippen LogP contribution in [-0.4, -0.2) is 50.7 Å². The normalized spacial score (nSPS) is 10.3. The summed E-state index contributed by atoms with van der Waals surface area (Å²) in [6.45, 7) is 1.10. The Bertz CT molecular complexity index is 508. The minimum atomic E-state index is -0.347. The molecular weight excluding hydrogens is 406 g/mol. The van der Waals surface area contributed by atoms with Crippen LogP contribution in [0.4, 0.5) is 0 Å². The molecule has 5 nitrogen and oxygen atoms in total. The largest absolute Gasteiger partial charge is 0.469 e. The summed E-state index contributed by atoms with van der Waals surface area (Å²) in [5, 5.41) is 0. The summed E-state index contributed by atoms with van der Waals surface area (Å²) in [6.07, 6.45) is 0.153. The average Bonchev–Trinajstić information content (AvgIpc) is 2.46. The molecule has 0 bridgehead atoms. The van der Waals surface area contributed by atoms with E-state index in [2.05, 4.69) is 36.6 Å². The van der Waals surface area contributed by atoms with Gasteiger partial charge in [0.05, 0.1) is 25.7 Å². The smallest absolute Gasteiger partial charge is 0.307 e. The Balaban J connectivity index is 2.85. The number of hydrogen-bond acceptors (Lipinski definition) is 4. The predicted octanol–water partition coefficient (Wildman–Crippen LogP) is 2.86. The summed E-state index contributed by atoms with van der Waals surface area (Å²) in [5.41, 5.74) is 0.541. The number of halogens is 2. The number of nitrogens with zero attached hydrogens (tertiary/aromatic N) is 1. The third-order valence-electron chi connectivity index (χ3n) is 2.83. The molecule has 1 aromatic rings. The number of esters is 1. The van der Waals surface area contributed by atoms with Crippen molar-refractivity contribution < 1.29 is 19.1 Å². The summed E-state index contributed by atoms with van der Waals surface area (Å²) in [4.78, 5) is 25.4. The highest BCUT2D eigenvalue weighted by molar-refractivity contribution is 9.11. The van der Waals surface area contributed by atoms with Gasteiger partial charge in [-0.1, -0.05) is 15.9 Å². The molecular formula is C14H17Br2NO4. The minimum Gasteiger partial charge on any atom is -0.469 e. The number of carbonyl (C=O) groups excluding carboxylic acids is 2. The van der Waals surface area contributed by atoms with E-state index in [0.717, 1.165) is 4.47 Å². The Kier molecular flexibility index (Phi) is 7.92. The van der Waals surface area contributed by atoms with Crippen molar-refractivity contribution in [1.29, 1.82) is 0 Å². The van der Waals surface area contributed by atoms with E-state index < -0.39 is 0 Å². The second kappa shape index (κ2) is 9.17. The summed E-state index contributed by atoms with van der Waals surface area (Å²) in [5.74, 6) is -0.504. The first-order valence-corrected chi connectivity index (χ1v) is 7.88. The van der Waals surface area contributed by atoms with E-state index >= 15 is 0 Å². The van der Waals surface area contributed by atoms with Gasteiger partial charge in [-0.3, -0.25) is 9.59 Å². The number of methoxy groups -OCH3 is 2. The van der Waals surface area contributed by atoms with E-state index in [9.17, 15) is 9.59 Å². The molecule has 0 N–H and O–H groups in total. The van der Waals surface area contributed by atoms with Crippen LogP contribution in [0.3, 0.4) is 0 Å². The molecule has 7 heteroatoms. The van der Waals surface area contributed by atoms with Gasteiger partial charge in [-0.2, -0.15) is 0 Å². The van der Waals surface area contributed by atoms with Gasteiger partial charge in [0.15, 0.2) is 0 Å². The molecule has 0 aliphatic heterocycles. The van der Waals surface area contributed by atoms with Crippen molar-refractivity contribution in [3.8, 4) is 0 Å². The Labute approximate surface area is 140 Å². The van der Waals surface area contributed by atoms with Crippen LogP contribution < -0.4 is 0 Å². The third-order valence-corrected chi connectivity index (χ3v) is 3.98. The predicted molar refractivity (Wildman–Crippen MR) is 86.3 cm³/mol. The van der Waals surface area contributed by atoms with E-state index in [1.165, 1.54) is 7.11 Å². The van der Waals surface area contributed by atoms with Crippen LogP contribution in [0, 0.1) is 0 Å². The van der Waals surface area contributed by atoms with Crippen molar-refractivity contribution in [2.24, 2.45) is 0 Å². The highest BCUT2D eigenvalue weighted by Crippen LogP contribution is 2.23. The van der Waals surface area contributed by atoms with E-state index in [0.29, 0.717) is 23.2 Å². The van der Waals surface area contributed by atoms with Crippen LogP contribution in [0.1, 0.15) is 16.8 Å². The third kappa shape index (κ3) is 5.76. The first kappa shape index (κ1) is 18.1. The highest BCUT2D eigenvalue weighted by atomic mass is 79.9. The summed E-state index contributed by atoms with van der Waals surface area (Å²) in [7, 11) is 2.90. The molecule has 0 radical (unpaired) electrons. The van der Waals surface area contributed by atoms with Gasteiger partial charge in [-0.05, 0) is 34.1 Å². The van der Waals surface area contributed by atoms with Crippen LogP contribution in [0.15, 0.2) is 27.1 Å². The maximum absolute atomic E-state index is 12.6. The number of benzene rings is 1. The number of amides is 1. The minimum absolute atomic E-state index is 0.153. The fourth-order valence-corrected chi connectivity index (χ4v) is 2.89. The Morgan fingerprint density at radius 3 is 2.48 bits per heavy atom. The van der Waals surface area contributed by atoms with Crippen molar-refractivity contribution in [3.05, 3.63) is 32.7 Å². The number of carbonyl (C=O) groups is 2. The van der Waals surface area contributed by atoms with Crippen LogP contribution in [0.5, 0.6) is 0 Å². The molecule has 0 fully saturated rings. The quantitative estimate of drug-likeness (QED) is 0.634. The molecule has 0 unspecified atom stereocenters. The van der Waals surface area contributed by atoms with Crippen molar-refractivity contribution in [2.75, 3.05) is 33.9 Å². The lowest BCUT2D eigenvalue weighted by Gasteiger charge is -2.22. The van der Waals surface area contributed by atoms with Gasteiger partial charge in [0.1, 0.15) is 0 Å². The second-order valence-corrected chi connectivity index (χ2v) is 6.01. The standard InChI is InChI=1S/C14H17Br2NO4/c1-20-8-7-17(6-5-13(18)21-2)14(19)11-4-3-10(15)9-12(11)16/h3-4,9H,5-8H2,1-2H3. The summed E-state index contributed by atoms with van der Waals surface area (Å²) in [6, 6.07) is 5.34. The van der Waals surface area contributed by atoms with Gasteiger partial charge in [0, 0.05) is 29.1 Å². The lowest BCUT2D eigenvalue weighted by molar-refractivity contribution is -0.140. The molecule has 21 heavy (non-hydrogen) atoms. The van der Waals surface area contributed by atoms with E-state index in [4.69, 9.17) is 4.74 Å². The molecule has 0 aliphatic carbocycles. The number of ether oxygens (including phenoxy) is 2. The SMILES string of the molecule is COCCN(CCC(=O)OC)C(=O)c1ccc(Br)cc1Br. The molecule has 116 valence electrons. The van der Waals surface area contributed by atoms with Crippen molar-refractivity contribution in [2.45, 2.75) is 6.42 Å². The average molecular weight is 423 g/mol. The van der Waals surface area contributed by atoms with Gasteiger partial charge in [0.25, 0.3) is 5.91 Å². The fraction of sp³-hybridized carbons (Fsp3) is 0.429. The molecule has 1 rings (SSSR count). The maximum atomic E-state index is 12.6. The molecule has 0 spiro atoms. The van der Waals surface area contributed by atoms with Gasteiger partial charge in [-0.25, -0.2) is 0 Å². The first-order chi connectivity index (χ1) is 9.99. The molecule has 1 aromatic carbocycles. The molecule has 0 heterocycles. The van der Waals surface area contributed by atoms with Crippen molar-refractivity contribution in [3.63, 3.8) is 0 Å². The van der Waals surface area contributed by atoms with E-state index in [1.54, 1.807) is 24.1 Å². The zero-order valence-electron chi connectivity index (χ0n) is 11.9. The fourth-order valence-electron chi connectivity index (χ4n) is 1.68. The molecule has 1 amide bonds. The Hall–Kier alpha value is -0.920. The Morgan fingerprint density at radius 1 is 1.19 bits per heavy atom. The van der Waals surface area contributed by atoms with Gasteiger partial charge < -0.3 is 14.4 Å². The molecule has 0 aliphatic rings. The number of hydrogen-bond donors (Lipinski definition) is 0. The zero-order chi connectivity index (χ0) is 15.8. The van der Waals surface area contributed by atoms with Crippen LogP contribution >= 0.6 is 31.9 Å². The van der Waals surface area contributed by atoms with Crippen LogP contribution in [0.25, 0.3) is 0 Å². The molecule has 0 saturated carbocycles. The van der Waals surface area contributed by atoms with Crippen LogP contribution in [0.2, 0.25) is 0 Å². The van der Waals surface area contributed by atoms with Crippen LogP contribution in [-0.2, 0) is 14.3 Å². The topological polar surface area (TPSA) is 55.8 Å². The summed E-state index contributed by atoms with van der Waals surface area (Å²) < 4.78 is 11.2. The van der Waals surface area contributed by atoms with Gasteiger partial charge in [-0.15, -0.1) is 0 Å². The molecule has 0 aromatic heterocycles. The van der Waals surface area contributed by atoms with E-state index in [-0.39, 0.29) is 24.8 Å². The monoisotopic (exact) mass is 421 g/mol. The number of rotatable bonds is 7. The first-order valence-electron chi connectivity index (χ1n) is 6.29. The van der Waals surface area contributed by atoms with Gasteiger partial charge >= 0.3 is 5.97 Å². The highest BCUT2D eigenvalue weighted by Gasteiger charge is 2.19. The lowest BCUT2D eigenvalue weighted by atomic mass is 10.2. The van der Waals surface area contributed by atoms with Gasteiger partial charge in [0.2, 0.25) is 0 Å². The zero-order valence-corrected chi connectivity index (χ0v) is 15.1. The molecule has 0 atom stereocenters. The lowest BCUT2D eigenvalue weighted by Crippen LogP contribution is -2.36. The summed E-state index contributed by atoms with van der Waals surface area (Å²) >= 11 is 6.72. The van der Waals surface area contributed by atoms with Crippen molar-refractivity contribution in [1.82, 2.24) is 4.90 Å². The second-order valence-electron chi connectivity index (χ2n) is 4.24.